The molecule has 1 amide bonds. The molecule has 0 radical (unpaired) electrons. The third-order valence-electron chi connectivity index (χ3n) is 3.34. The highest BCUT2D eigenvalue weighted by molar-refractivity contribution is 8.01. The maximum Gasteiger partial charge on any atom is 0.410 e. The first kappa shape index (κ1) is 15.6. The van der Waals surface area contributed by atoms with Crippen molar-refractivity contribution in [3.05, 3.63) is 24.3 Å². The number of benzene rings is 1. The molecule has 4 nitrogen and oxygen atoms in total. The number of hydrogen-bond donors (Lipinski definition) is 0. The van der Waals surface area contributed by atoms with E-state index in [4.69, 9.17) is 4.74 Å². The van der Waals surface area contributed by atoms with Gasteiger partial charge in [-0.2, -0.15) is 0 Å². The van der Waals surface area contributed by atoms with Gasteiger partial charge in [-0.25, -0.2) is 9.78 Å². The van der Waals surface area contributed by atoms with E-state index < -0.39 is 5.60 Å². The molecule has 6 heteroatoms. The highest BCUT2D eigenvalue weighted by Crippen LogP contribution is 2.35. The molecule has 2 heterocycles. The lowest BCUT2D eigenvalue weighted by Crippen LogP contribution is -2.35. The van der Waals surface area contributed by atoms with Crippen LogP contribution < -0.4 is 0 Å². The van der Waals surface area contributed by atoms with Gasteiger partial charge in [0, 0.05) is 18.3 Å². The Balaban J connectivity index is 1.60. The summed E-state index contributed by atoms with van der Waals surface area (Å²) in [5.41, 5.74) is 0.618. The van der Waals surface area contributed by atoms with Crippen molar-refractivity contribution in [1.29, 1.82) is 0 Å². The molecule has 3 rings (SSSR count). The molecule has 0 N–H and O–H groups in total. The predicted molar refractivity (Wildman–Crippen MR) is 91.7 cm³/mol. The van der Waals surface area contributed by atoms with Gasteiger partial charge in [0.05, 0.1) is 10.2 Å². The van der Waals surface area contributed by atoms with Crippen molar-refractivity contribution in [2.75, 3.05) is 13.1 Å². The Bertz CT molecular complexity index is 645. The number of rotatable bonds is 2. The lowest BCUT2D eigenvalue weighted by molar-refractivity contribution is 0.0295. The minimum Gasteiger partial charge on any atom is -0.444 e. The fourth-order valence-corrected chi connectivity index (χ4v) is 4.84. The van der Waals surface area contributed by atoms with Gasteiger partial charge in [-0.1, -0.05) is 23.9 Å². The molecule has 0 bridgehead atoms. The second-order valence-electron chi connectivity index (χ2n) is 6.40. The molecular weight excluding hydrogens is 316 g/mol. The number of amides is 1. The summed E-state index contributed by atoms with van der Waals surface area (Å²) in [5, 5.41) is 0.396. The molecule has 1 saturated heterocycles. The monoisotopic (exact) mass is 336 g/mol. The first-order chi connectivity index (χ1) is 10.4. The number of thioether (sulfide) groups is 1. The van der Waals surface area contributed by atoms with Gasteiger partial charge >= 0.3 is 6.09 Å². The average Bonchev–Trinajstić information content (AvgIpc) is 3.02. The number of aromatic nitrogens is 1. The van der Waals surface area contributed by atoms with Crippen LogP contribution in [0.4, 0.5) is 4.79 Å². The molecule has 1 aliphatic heterocycles. The van der Waals surface area contributed by atoms with Crippen molar-refractivity contribution in [3.8, 4) is 0 Å². The average molecular weight is 336 g/mol. The van der Waals surface area contributed by atoms with E-state index in [-0.39, 0.29) is 6.09 Å². The smallest absolute Gasteiger partial charge is 0.410 e. The zero-order chi connectivity index (χ0) is 15.7. The van der Waals surface area contributed by atoms with E-state index >= 15 is 0 Å². The normalized spacial score (nSPS) is 18.9. The Hall–Kier alpha value is -1.27. The summed E-state index contributed by atoms with van der Waals surface area (Å²) >= 11 is 3.49. The van der Waals surface area contributed by atoms with Gasteiger partial charge in [-0.05, 0) is 39.3 Å². The van der Waals surface area contributed by atoms with E-state index in [9.17, 15) is 4.79 Å². The molecule has 1 aromatic carbocycles. The SMILES string of the molecule is CC(C)(C)OC(=O)N1CC[C@@H](Sc2nc3ccccc3s2)C1. The number of ether oxygens (including phenoxy) is 1. The standard InChI is InChI=1S/C16H20N2O2S2/c1-16(2,3)20-15(19)18-9-8-11(10-18)21-14-17-12-6-4-5-7-13(12)22-14/h4-7,11H,8-10H2,1-3H3/t11-/m1/s1. The van der Waals surface area contributed by atoms with Crippen LogP contribution in [0.1, 0.15) is 27.2 Å². The molecule has 0 unspecified atom stereocenters. The van der Waals surface area contributed by atoms with Gasteiger partial charge in [0.2, 0.25) is 0 Å². The fraction of sp³-hybridized carbons (Fsp3) is 0.500. The molecule has 1 atom stereocenters. The molecule has 1 fully saturated rings. The van der Waals surface area contributed by atoms with Gasteiger partial charge < -0.3 is 9.64 Å². The van der Waals surface area contributed by atoms with Crippen molar-refractivity contribution in [2.24, 2.45) is 0 Å². The number of hydrogen-bond acceptors (Lipinski definition) is 5. The molecule has 1 aliphatic rings. The molecular formula is C16H20N2O2S2. The highest BCUT2D eigenvalue weighted by atomic mass is 32.2. The second-order valence-corrected chi connectivity index (χ2v) is 8.98. The van der Waals surface area contributed by atoms with Gasteiger partial charge in [0.25, 0.3) is 0 Å². The van der Waals surface area contributed by atoms with E-state index in [1.807, 2.05) is 39.0 Å². The Morgan fingerprint density at radius 3 is 2.91 bits per heavy atom. The second kappa shape index (κ2) is 6.08. The molecule has 0 spiro atoms. The zero-order valence-electron chi connectivity index (χ0n) is 13.0. The van der Waals surface area contributed by atoms with E-state index in [0.29, 0.717) is 5.25 Å². The lowest BCUT2D eigenvalue weighted by atomic mass is 10.2. The van der Waals surface area contributed by atoms with Crippen molar-refractivity contribution < 1.29 is 9.53 Å². The summed E-state index contributed by atoms with van der Waals surface area (Å²) < 4.78 is 7.73. The third kappa shape index (κ3) is 3.73. The number of fused-ring (bicyclic) bond motifs is 1. The van der Waals surface area contributed by atoms with Crippen LogP contribution in [0.25, 0.3) is 10.2 Å². The van der Waals surface area contributed by atoms with E-state index in [0.717, 1.165) is 29.4 Å². The maximum absolute atomic E-state index is 12.1. The van der Waals surface area contributed by atoms with Gasteiger partial charge in [-0.3, -0.25) is 0 Å². The Kier molecular flexibility index (Phi) is 4.32. The summed E-state index contributed by atoms with van der Waals surface area (Å²) in [7, 11) is 0. The first-order valence-corrected chi connectivity index (χ1v) is 9.10. The molecule has 22 heavy (non-hydrogen) atoms. The lowest BCUT2D eigenvalue weighted by Gasteiger charge is -2.24. The molecule has 2 aromatic rings. The van der Waals surface area contributed by atoms with Crippen molar-refractivity contribution in [3.63, 3.8) is 0 Å². The summed E-state index contributed by atoms with van der Waals surface area (Å²) in [5.74, 6) is 0. The van der Waals surface area contributed by atoms with Gasteiger partial charge in [0.1, 0.15) is 5.60 Å². The van der Waals surface area contributed by atoms with Crippen molar-refractivity contribution in [1.82, 2.24) is 9.88 Å². The van der Waals surface area contributed by atoms with Crippen LogP contribution in [0.2, 0.25) is 0 Å². The van der Waals surface area contributed by atoms with E-state index in [1.165, 1.54) is 4.70 Å². The number of nitrogens with zero attached hydrogens (tertiary/aromatic N) is 2. The number of carbonyl (C=O) groups is 1. The van der Waals surface area contributed by atoms with Crippen LogP contribution in [0.3, 0.4) is 0 Å². The minimum absolute atomic E-state index is 0.208. The Morgan fingerprint density at radius 1 is 1.41 bits per heavy atom. The quantitative estimate of drug-likeness (QED) is 0.815. The molecule has 0 saturated carbocycles. The summed E-state index contributed by atoms with van der Waals surface area (Å²) in [6.07, 6.45) is 0.778. The van der Waals surface area contributed by atoms with Crippen LogP contribution in [-0.2, 0) is 4.74 Å². The molecule has 1 aromatic heterocycles. The van der Waals surface area contributed by atoms with Crippen LogP contribution >= 0.6 is 23.1 Å². The minimum atomic E-state index is -0.435. The van der Waals surface area contributed by atoms with E-state index in [2.05, 4.69) is 11.1 Å². The summed E-state index contributed by atoms with van der Waals surface area (Å²) in [6.45, 7) is 7.18. The first-order valence-electron chi connectivity index (χ1n) is 7.41. The van der Waals surface area contributed by atoms with Crippen LogP contribution in [-0.4, -0.2) is 39.9 Å². The summed E-state index contributed by atoms with van der Waals surface area (Å²) in [4.78, 5) is 18.5. The van der Waals surface area contributed by atoms with Crippen molar-refractivity contribution in [2.45, 2.75) is 42.4 Å². The fourth-order valence-electron chi connectivity index (χ4n) is 2.36. The third-order valence-corrected chi connectivity index (χ3v) is 5.72. The summed E-state index contributed by atoms with van der Waals surface area (Å²) in [6, 6.07) is 8.18. The number of para-hydroxylation sites is 1. The van der Waals surface area contributed by atoms with Crippen LogP contribution in [0.5, 0.6) is 0 Å². The molecule has 0 aliphatic carbocycles. The van der Waals surface area contributed by atoms with Crippen LogP contribution in [0.15, 0.2) is 28.6 Å². The number of thiazole rings is 1. The maximum atomic E-state index is 12.1. The van der Waals surface area contributed by atoms with E-state index in [1.54, 1.807) is 28.0 Å². The van der Waals surface area contributed by atoms with Gasteiger partial charge in [0.15, 0.2) is 4.34 Å². The number of likely N-dealkylation sites (tertiary alicyclic amines) is 1. The van der Waals surface area contributed by atoms with Crippen LogP contribution in [0, 0.1) is 0 Å². The Labute approximate surface area is 138 Å². The highest BCUT2D eigenvalue weighted by Gasteiger charge is 2.30. The predicted octanol–water partition coefficient (Wildman–Crippen LogP) is 4.40. The molecule has 118 valence electrons. The Morgan fingerprint density at radius 2 is 2.18 bits per heavy atom. The zero-order valence-corrected chi connectivity index (χ0v) is 14.7. The number of carbonyl (C=O) groups excluding carboxylic acids is 1. The van der Waals surface area contributed by atoms with Gasteiger partial charge in [-0.15, -0.1) is 11.3 Å². The van der Waals surface area contributed by atoms with Crippen molar-refractivity contribution >= 4 is 39.4 Å². The topological polar surface area (TPSA) is 42.4 Å². The largest absolute Gasteiger partial charge is 0.444 e.